The summed E-state index contributed by atoms with van der Waals surface area (Å²) < 4.78 is 6.05. The lowest BCUT2D eigenvalue weighted by Crippen LogP contribution is -2.21. The molecule has 2 nitrogen and oxygen atoms in total. The van der Waals surface area contributed by atoms with Gasteiger partial charge in [-0.1, -0.05) is 26.8 Å². The first kappa shape index (κ1) is 17.0. The lowest BCUT2D eigenvalue weighted by molar-refractivity contribution is 0.238. The molecule has 1 rings (SSSR count). The van der Waals surface area contributed by atoms with Crippen molar-refractivity contribution in [3.05, 3.63) is 28.3 Å². The summed E-state index contributed by atoms with van der Waals surface area (Å²) in [7, 11) is 4.24. The van der Waals surface area contributed by atoms with E-state index < -0.39 is 0 Å². The maximum Gasteiger partial charge on any atom is 0.125 e. The Labute approximate surface area is 125 Å². The van der Waals surface area contributed by atoms with Gasteiger partial charge in [-0.05, 0) is 69.5 Å². The molecule has 0 saturated heterocycles. The number of hydrogen-bond donors (Lipinski definition) is 0. The predicted molar refractivity (Wildman–Crippen MR) is 87.8 cm³/mol. The molecule has 0 amide bonds. The van der Waals surface area contributed by atoms with Gasteiger partial charge < -0.3 is 9.64 Å². The summed E-state index contributed by atoms with van der Waals surface area (Å²) in [5.74, 6) is 1.06. The Bertz CT molecular complexity index is 467. The summed E-state index contributed by atoms with van der Waals surface area (Å²) in [6.45, 7) is 16.3. The SMILES string of the molecule is Cc1cc(C(C)(C)C)c(CN(C)C)c(C)c1OC(C)C. The Hall–Kier alpha value is -1.02. The fraction of sp³-hybridized carbons (Fsp3) is 0.667. The van der Waals surface area contributed by atoms with Crippen molar-refractivity contribution in [1.82, 2.24) is 4.90 Å². The van der Waals surface area contributed by atoms with Gasteiger partial charge in [-0.15, -0.1) is 0 Å². The van der Waals surface area contributed by atoms with Crippen LogP contribution < -0.4 is 4.74 Å². The van der Waals surface area contributed by atoms with E-state index in [0.29, 0.717) is 0 Å². The second-order valence-corrected chi connectivity index (χ2v) is 7.33. The first-order valence-electron chi connectivity index (χ1n) is 7.49. The Balaban J connectivity index is 3.48. The van der Waals surface area contributed by atoms with Crippen molar-refractivity contribution in [2.24, 2.45) is 0 Å². The first-order chi connectivity index (χ1) is 9.04. The largest absolute Gasteiger partial charge is 0.490 e. The summed E-state index contributed by atoms with van der Waals surface area (Å²) in [6, 6.07) is 2.31. The minimum atomic E-state index is 0.150. The van der Waals surface area contributed by atoms with Gasteiger partial charge in [0.1, 0.15) is 5.75 Å². The van der Waals surface area contributed by atoms with E-state index >= 15 is 0 Å². The van der Waals surface area contributed by atoms with Gasteiger partial charge >= 0.3 is 0 Å². The van der Waals surface area contributed by atoms with Crippen molar-refractivity contribution < 1.29 is 4.74 Å². The summed E-state index contributed by atoms with van der Waals surface area (Å²) in [6.07, 6.45) is 0.208. The van der Waals surface area contributed by atoms with E-state index in [1.165, 1.54) is 22.3 Å². The monoisotopic (exact) mass is 277 g/mol. The fourth-order valence-electron chi connectivity index (χ4n) is 2.61. The van der Waals surface area contributed by atoms with Crippen LogP contribution in [0.15, 0.2) is 6.07 Å². The van der Waals surface area contributed by atoms with Gasteiger partial charge in [0.05, 0.1) is 6.10 Å². The number of aryl methyl sites for hydroxylation is 1. The van der Waals surface area contributed by atoms with E-state index in [1.54, 1.807) is 0 Å². The smallest absolute Gasteiger partial charge is 0.125 e. The van der Waals surface area contributed by atoms with Crippen LogP contribution in [0.1, 0.15) is 56.9 Å². The molecule has 0 unspecified atom stereocenters. The summed E-state index contributed by atoms with van der Waals surface area (Å²) in [5.41, 5.74) is 5.51. The van der Waals surface area contributed by atoms with Crippen molar-refractivity contribution in [1.29, 1.82) is 0 Å². The number of hydrogen-bond acceptors (Lipinski definition) is 2. The topological polar surface area (TPSA) is 12.5 Å². The molecule has 114 valence electrons. The lowest BCUT2D eigenvalue weighted by atomic mass is 9.80. The maximum atomic E-state index is 6.05. The molecule has 0 aliphatic rings. The number of benzene rings is 1. The van der Waals surface area contributed by atoms with E-state index in [0.717, 1.165) is 12.3 Å². The van der Waals surface area contributed by atoms with Crippen LogP contribution in [0.2, 0.25) is 0 Å². The van der Waals surface area contributed by atoms with Crippen molar-refractivity contribution in [2.45, 2.75) is 66.5 Å². The highest BCUT2D eigenvalue weighted by molar-refractivity contribution is 5.51. The summed E-state index contributed by atoms with van der Waals surface area (Å²) in [5, 5.41) is 0. The van der Waals surface area contributed by atoms with E-state index in [1.807, 2.05) is 0 Å². The molecule has 0 aliphatic heterocycles. The third kappa shape index (κ3) is 3.99. The fourth-order valence-corrected chi connectivity index (χ4v) is 2.61. The Morgan fingerprint density at radius 2 is 1.70 bits per heavy atom. The highest BCUT2D eigenvalue weighted by Crippen LogP contribution is 2.36. The van der Waals surface area contributed by atoms with Gasteiger partial charge in [0, 0.05) is 6.54 Å². The zero-order valence-corrected chi connectivity index (χ0v) is 14.7. The van der Waals surface area contributed by atoms with E-state index in [9.17, 15) is 0 Å². The molecule has 0 heterocycles. The number of ether oxygens (including phenoxy) is 1. The Morgan fingerprint density at radius 1 is 1.15 bits per heavy atom. The molecule has 0 aliphatic carbocycles. The highest BCUT2D eigenvalue weighted by atomic mass is 16.5. The molecular formula is C18H31NO. The second-order valence-electron chi connectivity index (χ2n) is 7.33. The van der Waals surface area contributed by atoms with Crippen molar-refractivity contribution in [2.75, 3.05) is 14.1 Å². The molecule has 0 bridgehead atoms. The van der Waals surface area contributed by atoms with Gasteiger partial charge in [-0.25, -0.2) is 0 Å². The average Bonchev–Trinajstić information content (AvgIpc) is 2.25. The van der Waals surface area contributed by atoms with Crippen molar-refractivity contribution in [3.63, 3.8) is 0 Å². The van der Waals surface area contributed by atoms with Crippen LogP contribution in [0, 0.1) is 13.8 Å². The Morgan fingerprint density at radius 3 is 2.10 bits per heavy atom. The van der Waals surface area contributed by atoms with Crippen molar-refractivity contribution >= 4 is 0 Å². The van der Waals surface area contributed by atoms with Gasteiger partial charge in [0.15, 0.2) is 0 Å². The molecule has 0 fully saturated rings. The van der Waals surface area contributed by atoms with Crippen LogP contribution >= 0.6 is 0 Å². The van der Waals surface area contributed by atoms with Gasteiger partial charge in [-0.2, -0.15) is 0 Å². The third-order valence-corrected chi connectivity index (χ3v) is 3.47. The molecule has 0 spiro atoms. The second kappa shape index (κ2) is 6.17. The van der Waals surface area contributed by atoms with Gasteiger partial charge in [-0.3, -0.25) is 0 Å². The van der Waals surface area contributed by atoms with Crippen LogP contribution in [-0.2, 0) is 12.0 Å². The van der Waals surface area contributed by atoms with E-state index in [-0.39, 0.29) is 11.5 Å². The van der Waals surface area contributed by atoms with Crippen LogP contribution in [0.4, 0.5) is 0 Å². The summed E-state index contributed by atoms with van der Waals surface area (Å²) in [4.78, 5) is 2.23. The number of nitrogens with zero attached hydrogens (tertiary/aromatic N) is 1. The zero-order valence-electron chi connectivity index (χ0n) is 14.7. The molecule has 20 heavy (non-hydrogen) atoms. The molecule has 0 atom stereocenters. The van der Waals surface area contributed by atoms with Crippen LogP contribution in [0.5, 0.6) is 5.75 Å². The molecule has 1 aromatic rings. The van der Waals surface area contributed by atoms with Crippen LogP contribution in [0.3, 0.4) is 0 Å². The normalized spacial score (nSPS) is 12.3. The van der Waals surface area contributed by atoms with Crippen LogP contribution in [0.25, 0.3) is 0 Å². The average molecular weight is 277 g/mol. The van der Waals surface area contributed by atoms with Gasteiger partial charge in [0.2, 0.25) is 0 Å². The standard InChI is InChI=1S/C18H31NO/c1-12(2)20-17-13(3)10-16(18(5,6)7)15(14(17)4)11-19(8)9/h10,12H,11H2,1-9H3. The summed E-state index contributed by atoms with van der Waals surface area (Å²) >= 11 is 0. The molecule has 1 aromatic carbocycles. The van der Waals surface area contributed by atoms with Crippen molar-refractivity contribution in [3.8, 4) is 5.75 Å². The third-order valence-electron chi connectivity index (χ3n) is 3.47. The quantitative estimate of drug-likeness (QED) is 0.806. The molecule has 0 N–H and O–H groups in total. The number of rotatable bonds is 4. The molecular weight excluding hydrogens is 246 g/mol. The Kier molecular flexibility index (Phi) is 5.26. The van der Waals surface area contributed by atoms with E-state index in [4.69, 9.17) is 4.74 Å². The molecule has 0 aromatic heterocycles. The van der Waals surface area contributed by atoms with Crippen LogP contribution in [-0.4, -0.2) is 25.1 Å². The maximum absolute atomic E-state index is 6.05. The first-order valence-corrected chi connectivity index (χ1v) is 7.49. The van der Waals surface area contributed by atoms with Gasteiger partial charge in [0.25, 0.3) is 0 Å². The van der Waals surface area contributed by atoms with E-state index in [2.05, 4.69) is 73.5 Å². The molecule has 0 saturated carbocycles. The lowest BCUT2D eigenvalue weighted by Gasteiger charge is -2.29. The zero-order chi connectivity index (χ0) is 15.7. The molecule has 2 heteroatoms. The minimum Gasteiger partial charge on any atom is -0.490 e. The molecule has 0 radical (unpaired) electrons. The highest BCUT2D eigenvalue weighted by Gasteiger charge is 2.23. The minimum absolute atomic E-state index is 0.150. The predicted octanol–water partition coefficient (Wildman–Crippen LogP) is 4.45.